The van der Waals surface area contributed by atoms with Gasteiger partial charge in [-0.3, -0.25) is 4.79 Å². The SMILES string of the molecule is C#CCN(CC(=O)O)C(=O)N1CCC(C)(CC)CC1. The number of carboxylic acids is 1. The van der Waals surface area contributed by atoms with Crippen LogP contribution in [-0.2, 0) is 4.79 Å². The maximum Gasteiger partial charge on any atom is 0.323 e. The fourth-order valence-electron chi connectivity index (χ4n) is 2.26. The average molecular weight is 266 g/mol. The van der Waals surface area contributed by atoms with E-state index in [0.29, 0.717) is 18.5 Å². The van der Waals surface area contributed by atoms with Crippen LogP contribution >= 0.6 is 0 Å². The van der Waals surface area contributed by atoms with E-state index in [2.05, 4.69) is 19.8 Å². The molecule has 1 N–H and O–H groups in total. The molecule has 5 nitrogen and oxygen atoms in total. The summed E-state index contributed by atoms with van der Waals surface area (Å²) in [6.45, 7) is 5.42. The number of carboxylic acid groups (broad SMARTS) is 1. The van der Waals surface area contributed by atoms with Crippen LogP contribution in [0.3, 0.4) is 0 Å². The van der Waals surface area contributed by atoms with Crippen molar-refractivity contribution in [2.45, 2.75) is 33.1 Å². The van der Waals surface area contributed by atoms with Crippen molar-refractivity contribution >= 4 is 12.0 Å². The van der Waals surface area contributed by atoms with Gasteiger partial charge in [-0.15, -0.1) is 6.42 Å². The van der Waals surface area contributed by atoms with Crippen LogP contribution in [0.25, 0.3) is 0 Å². The standard InChI is InChI=1S/C14H22N2O3/c1-4-8-16(11-12(17)18)13(19)15-9-6-14(3,5-2)7-10-15/h1H,5-11H2,2-3H3,(H,17,18). The maximum absolute atomic E-state index is 12.2. The Morgan fingerprint density at radius 1 is 1.42 bits per heavy atom. The number of amides is 2. The van der Waals surface area contributed by atoms with Crippen molar-refractivity contribution in [1.29, 1.82) is 0 Å². The molecular formula is C14H22N2O3. The van der Waals surface area contributed by atoms with Crippen molar-refractivity contribution in [2.24, 2.45) is 5.41 Å². The number of hydrogen-bond acceptors (Lipinski definition) is 2. The Balaban J connectivity index is 2.62. The fraction of sp³-hybridized carbons (Fsp3) is 0.714. The first kappa shape index (κ1) is 15.4. The van der Waals surface area contributed by atoms with E-state index < -0.39 is 5.97 Å². The van der Waals surface area contributed by atoms with Crippen molar-refractivity contribution < 1.29 is 14.7 Å². The summed E-state index contributed by atoms with van der Waals surface area (Å²) in [5.74, 6) is 1.29. The van der Waals surface area contributed by atoms with E-state index in [1.54, 1.807) is 4.90 Å². The Hall–Kier alpha value is -1.70. The second kappa shape index (κ2) is 6.46. The van der Waals surface area contributed by atoms with Crippen LogP contribution in [-0.4, -0.2) is 53.1 Å². The molecule has 1 rings (SSSR count). The van der Waals surface area contributed by atoms with Crippen LogP contribution in [0.1, 0.15) is 33.1 Å². The van der Waals surface area contributed by atoms with Crippen molar-refractivity contribution in [3.05, 3.63) is 0 Å². The third-order valence-electron chi connectivity index (χ3n) is 3.97. The van der Waals surface area contributed by atoms with Gasteiger partial charge >= 0.3 is 12.0 Å². The van der Waals surface area contributed by atoms with E-state index in [9.17, 15) is 9.59 Å². The highest BCUT2D eigenvalue weighted by molar-refractivity contribution is 5.80. The van der Waals surface area contributed by atoms with Crippen LogP contribution in [0, 0.1) is 17.8 Å². The predicted molar refractivity (Wildman–Crippen MR) is 72.6 cm³/mol. The van der Waals surface area contributed by atoms with Gasteiger partial charge in [0, 0.05) is 13.1 Å². The Bertz CT molecular complexity index is 379. The topological polar surface area (TPSA) is 60.9 Å². The molecule has 0 atom stereocenters. The molecule has 106 valence electrons. The molecule has 1 aliphatic rings. The number of terminal acetylenes is 1. The van der Waals surface area contributed by atoms with E-state index >= 15 is 0 Å². The molecule has 2 amide bonds. The van der Waals surface area contributed by atoms with E-state index in [1.807, 2.05) is 0 Å². The lowest BCUT2D eigenvalue weighted by Crippen LogP contribution is -2.49. The molecule has 0 spiro atoms. The molecule has 0 saturated carbocycles. The van der Waals surface area contributed by atoms with Gasteiger partial charge in [-0.25, -0.2) is 4.79 Å². The first-order valence-corrected chi connectivity index (χ1v) is 6.61. The molecule has 5 heteroatoms. The molecule has 19 heavy (non-hydrogen) atoms. The minimum atomic E-state index is -1.04. The van der Waals surface area contributed by atoms with E-state index in [1.165, 1.54) is 4.90 Å². The van der Waals surface area contributed by atoms with Gasteiger partial charge in [0.25, 0.3) is 0 Å². The number of urea groups is 1. The molecule has 0 bridgehead atoms. The first-order valence-electron chi connectivity index (χ1n) is 6.61. The van der Waals surface area contributed by atoms with E-state index in [-0.39, 0.29) is 19.1 Å². The van der Waals surface area contributed by atoms with E-state index in [0.717, 1.165) is 19.3 Å². The molecular weight excluding hydrogens is 244 g/mol. The number of nitrogens with zero attached hydrogens (tertiary/aromatic N) is 2. The third kappa shape index (κ3) is 4.16. The maximum atomic E-state index is 12.2. The molecule has 0 aromatic heterocycles. The summed E-state index contributed by atoms with van der Waals surface area (Å²) in [6.07, 6.45) is 8.18. The monoisotopic (exact) mass is 266 g/mol. The lowest BCUT2D eigenvalue weighted by atomic mass is 9.78. The van der Waals surface area contributed by atoms with Crippen molar-refractivity contribution in [1.82, 2.24) is 9.80 Å². The minimum absolute atomic E-state index is 0.0344. The Kier molecular flexibility index (Phi) is 5.22. The Morgan fingerprint density at radius 2 is 2.00 bits per heavy atom. The number of carbonyl (C=O) groups is 2. The van der Waals surface area contributed by atoms with Crippen LogP contribution in [0.4, 0.5) is 4.79 Å². The molecule has 0 radical (unpaired) electrons. The van der Waals surface area contributed by atoms with Gasteiger partial charge in [0.15, 0.2) is 0 Å². The zero-order chi connectivity index (χ0) is 14.5. The number of rotatable bonds is 4. The average Bonchev–Trinajstić information content (AvgIpc) is 2.38. The molecule has 1 heterocycles. The van der Waals surface area contributed by atoms with Gasteiger partial charge in [-0.1, -0.05) is 26.2 Å². The molecule has 1 saturated heterocycles. The third-order valence-corrected chi connectivity index (χ3v) is 3.97. The van der Waals surface area contributed by atoms with Crippen molar-refractivity contribution in [3.63, 3.8) is 0 Å². The van der Waals surface area contributed by atoms with E-state index in [4.69, 9.17) is 11.5 Å². The summed E-state index contributed by atoms with van der Waals surface area (Å²) in [4.78, 5) is 25.9. The van der Waals surface area contributed by atoms with Gasteiger partial charge < -0.3 is 14.9 Å². The minimum Gasteiger partial charge on any atom is -0.480 e. The van der Waals surface area contributed by atoms with Gasteiger partial charge in [-0.2, -0.15) is 0 Å². The van der Waals surface area contributed by atoms with Gasteiger partial charge in [0.05, 0.1) is 6.54 Å². The van der Waals surface area contributed by atoms with Crippen molar-refractivity contribution in [3.8, 4) is 12.3 Å². The quantitative estimate of drug-likeness (QED) is 0.787. The summed E-state index contributed by atoms with van der Waals surface area (Å²) in [6, 6.07) is -0.265. The second-order valence-corrected chi connectivity index (χ2v) is 5.39. The smallest absolute Gasteiger partial charge is 0.323 e. The summed E-state index contributed by atoms with van der Waals surface area (Å²) < 4.78 is 0. The number of likely N-dealkylation sites (tertiary alicyclic amines) is 1. The number of hydrogen-bond donors (Lipinski definition) is 1. The summed E-state index contributed by atoms with van der Waals surface area (Å²) in [5, 5.41) is 8.80. The second-order valence-electron chi connectivity index (χ2n) is 5.39. The zero-order valence-electron chi connectivity index (χ0n) is 11.7. The molecule has 1 fully saturated rings. The summed E-state index contributed by atoms with van der Waals surface area (Å²) in [7, 11) is 0. The van der Waals surface area contributed by atoms with Crippen LogP contribution < -0.4 is 0 Å². The highest BCUT2D eigenvalue weighted by Crippen LogP contribution is 2.34. The van der Waals surface area contributed by atoms with Gasteiger partial charge in [0.1, 0.15) is 6.54 Å². The molecule has 0 aliphatic carbocycles. The first-order chi connectivity index (χ1) is 8.91. The highest BCUT2D eigenvalue weighted by Gasteiger charge is 2.32. The van der Waals surface area contributed by atoms with Crippen LogP contribution in [0.2, 0.25) is 0 Å². The number of carbonyl (C=O) groups excluding carboxylic acids is 1. The highest BCUT2D eigenvalue weighted by atomic mass is 16.4. The molecule has 0 unspecified atom stereocenters. The summed E-state index contributed by atoms with van der Waals surface area (Å²) in [5.41, 5.74) is 0.292. The molecule has 0 aromatic rings. The van der Waals surface area contributed by atoms with Gasteiger partial charge in [-0.05, 0) is 18.3 Å². The predicted octanol–water partition coefficient (Wildman–Crippen LogP) is 1.64. The lowest BCUT2D eigenvalue weighted by Gasteiger charge is -2.40. The Labute approximate surface area is 114 Å². The Morgan fingerprint density at radius 3 is 2.42 bits per heavy atom. The number of piperidine rings is 1. The molecule has 1 aliphatic heterocycles. The number of aliphatic carboxylic acids is 1. The van der Waals surface area contributed by atoms with Crippen molar-refractivity contribution in [2.75, 3.05) is 26.2 Å². The normalized spacial score (nSPS) is 17.6. The van der Waals surface area contributed by atoms with Gasteiger partial charge in [0.2, 0.25) is 0 Å². The fourth-order valence-corrected chi connectivity index (χ4v) is 2.26. The largest absolute Gasteiger partial charge is 0.480 e. The van der Waals surface area contributed by atoms with Crippen LogP contribution in [0.5, 0.6) is 0 Å². The zero-order valence-corrected chi connectivity index (χ0v) is 11.7. The summed E-state index contributed by atoms with van der Waals surface area (Å²) >= 11 is 0. The lowest BCUT2D eigenvalue weighted by molar-refractivity contribution is -0.137. The molecule has 0 aromatic carbocycles. The van der Waals surface area contributed by atoms with Crippen LogP contribution in [0.15, 0.2) is 0 Å².